The highest BCUT2D eigenvalue weighted by Gasteiger charge is 2.15. The van der Waals surface area contributed by atoms with Crippen LogP contribution in [0.4, 0.5) is 0 Å². The van der Waals surface area contributed by atoms with Crippen molar-refractivity contribution in [2.75, 3.05) is 27.2 Å². The Hall–Kier alpha value is -3.45. The highest BCUT2D eigenvalue weighted by atomic mass is 16.2. The topological polar surface area (TPSA) is 67.5 Å². The Balaban J connectivity index is 1.62. The van der Waals surface area contributed by atoms with Gasteiger partial charge in [-0.15, -0.1) is 0 Å². The van der Waals surface area contributed by atoms with E-state index in [1.54, 1.807) is 23.1 Å². The lowest BCUT2D eigenvalue weighted by atomic mass is 10.1. The van der Waals surface area contributed by atoms with Gasteiger partial charge in [0.05, 0.1) is 6.20 Å². The third-order valence-electron chi connectivity index (χ3n) is 4.78. The van der Waals surface area contributed by atoms with Gasteiger partial charge in [0.25, 0.3) is 5.91 Å². The van der Waals surface area contributed by atoms with E-state index in [1.165, 1.54) is 0 Å². The molecule has 4 heterocycles. The summed E-state index contributed by atoms with van der Waals surface area (Å²) in [6.45, 7) is 1.56. The van der Waals surface area contributed by atoms with Crippen molar-refractivity contribution in [3.05, 3.63) is 72.9 Å². The van der Waals surface area contributed by atoms with Crippen molar-refractivity contribution in [3.8, 4) is 16.9 Å². The number of hydrogen-bond donors (Lipinski definition) is 1. The summed E-state index contributed by atoms with van der Waals surface area (Å²) < 4.78 is 3.72. The molecule has 0 aliphatic rings. The van der Waals surface area contributed by atoms with Gasteiger partial charge in [-0.25, -0.2) is 4.68 Å². The van der Waals surface area contributed by atoms with Crippen LogP contribution in [0.1, 0.15) is 16.9 Å². The number of pyridine rings is 2. The number of rotatable bonds is 7. The Bertz CT molecular complexity index is 1110. The standard InChI is InChI=1S/C22H24N6O/c1-26(2)14-4-12-24-22(29)20-10-13-25-28(20)21-9-8-19-7-6-18(16-27(19)21)17-5-3-11-23-15-17/h3,5-11,13,15-16H,4,12,14H2,1-2H3,(H,24,29). The maximum Gasteiger partial charge on any atom is 0.270 e. The second-order valence-corrected chi connectivity index (χ2v) is 7.19. The molecular weight excluding hydrogens is 364 g/mol. The number of amides is 1. The zero-order valence-electron chi connectivity index (χ0n) is 16.6. The molecule has 0 unspecified atom stereocenters. The average Bonchev–Trinajstić information content (AvgIpc) is 3.37. The van der Waals surface area contributed by atoms with Gasteiger partial charge in [-0.1, -0.05) is 12.1 Å². The third-order valence-corrected chi connectivity index (χ3v) is 4.78. The summed E-state index contributed by atoms with van der Waals surface area (Å²) in [5.74, 6) is 0.689. The summed E-state index contributed by atoms with van der Waals surface area (Å²) in [5, 5.41) is 7.39. The Morgan fingerprint density at radius 2 is 1.93 bits per heavy atom. The van der Waals surface area contributed by atoms with E-state index in [-0.39, 0.29) is 5.91 Å². The van der Waals surface area contributed by atoms with Gasteiger partial charge in [0.1, 0.15) is 11.5 Å². The summed E-state index contributed by atoms with van der Waals surface area (Å²) in [5.41, 5.74) is 3.63. The van der Waals surface area contributed by atoms with E-state index in [9.17, 15) is 4.79 Å². The van der Waals surface area contributed by atoms with Crippen molar-refractivity contribution in [1.82, 2.24) is 29.4 Å². The molecule has 0 radical (unpaired) electrons. The first kappa shape index (κ1) is 18.9. The van der Waals surface area contributed by atoms with Gasteiger partial charge < -0.3 is 14.6 Å². The third kappa shape index (κ3) is 4.05. The van der Waals surface area contributed by atoms with Gasteiger partial charge in [-0.2, -0.15) is 5.10 Å². The fourth-order valence-electron chi connectivity index (χ4n) is 3.31. The molecule has 0 fully saturated rings. The highest BCUT2D eigenvalue weighted by molar-refractivity contribution is 5.93. The van der Waals surface area contributed by atoms with Gasteiger partial charge in [-0.05, 0) is 63.0 Å². The van der Waals surface area contributed by atoms with E-state index in [1.807, 2.05) is 55.2 Å². The van der Waals surface area contributed by atoms with Crippen LogP contribution in [0.25, 0.3) is 22.5 Å². The van der Waals surface area contributed by atoms with Crippen LogP contribution in [0.15, 0.2) is 67.3 Å². The first-order valence-electron chi connectivity index (χ1n) is 9.62. The predicted molar refractivity (Wildman–Crippen MR) is 113 cm³/mol. The van der Waals surface area contributed by atoms with Crippen molar-refractivity contribution in [2.24, 2.45) is 0 Å². The number of nitrogens with one attached hydrogen (secondary N) is 1. The molecule has 4 aromatic heterocycles. The Morgan fingerprint density at radius 1 is 1.07 bits per heavy atom. The first-order valence-corrected chi connectivity index (χ1v) is 9.62. The van der Waals surface area contributed by atoms with E-state index < -0.39 is 0 Å². The molecule has 0 saturated carbocycles. The molecule has 1 N–H and O–H groups in total. The van der Waals surface area contributed by atoms with Crippen LogP contribution in [0.3, 0.4) is 0 Å². The normalized spacial score (nSPS) is 11.3. The average molecular weight is 388 g/mol. The van der Waals surface area contributed by atoms with E-state index in [2.05, 4.69) is 32.4 Å². The SMILES string of the molecule is CN(C)CCCNC(=O)c1ccnn1-c1ccc2ccc(-c3cccnc3)cn12. The van der Waals surface area contributed by atoms with Crippen molar-refractivity contribution in [1.29, 1.82) is 0 Å². The molecule has 4 rings (SSSR count). The molecular formula is C22H24N6O. The molecule has 0 aliphatic heterocycles. The zero-order chi connectivity index (χ0) is 20.2. The van der Waals surface area contributed by atoms with Gasteiger partial charge in [-0.3, -0.25) is 9.78 Å². The molecule has 148 valence electrons. The maximum atomic E-state index is 12.7. The fourth-order valence-corrected chi connectivity index (χ4v) is 3.31. The molecule has 7 heteroatoms. The number of fused-ring (bicyclic) bond motifs is 1. The van der Waals surface area contributed by atoms with Crippen LogP contribution in [-0.2, 0) is 0 Å². The molecule has 0 bridgehead atoms. The zero-order valence-corrected chi connectivity index (χ0v) is 16.6. The molecule has 0 saturated heterocycles. The molecule has 0 aliphatic carbocycles. The quantitative estimate of drug-likeness (QED) is 0.495. The summed E-state index contributed by atoms with van der Waals surface area (Å²) in [7, 11) is 4.04. The second kappa shape index (κ2) is 8.28. The smallest absolute Gasteiger partial charge is 0.270 e. The maximum absolute atomic E-state index is 12.7. The number of aromatic nitrogens is 4. The van der Waals surface area contributed by atoms with Crippen LogP contribution < -0.4 is 5.32 Å². The highest BCUT2D eigenvalue weighted by Crippen LogP contribution is 2.22. The number of hydrogen-bond acceptors (Lipinski definition) is 4. The van der Waals surface area contributed by atoms with E-state index in [0.717, 1.165) is 35.4 Å². The minimum atomic E-state index is -0.125. The summed E-state index contributed by atoms with van der Waals surface area (Å²) in [4.78, 5) is 19.0. The number of carbonyl (C=O) groups is 1. The molecule has 7 nitrogen and oxygen atoms in total. The van der Waals surface area contributed by atoms with Crippen molar-refractivity contribution >= 4 is 11.4 Å². The van der Waals surface area contributed by atoms with Crippen LogP contribution in [0, 0.1) is 0 Å². The fraction of sp³-hybridized carbons (Fsp3) is 0.227. The van der Waals surface area contributed by atoms with Crippen LogP contribution in [0.5, 0.6) is 0 Å². The molecule has 0 spiro atoms. The predicted octanol–water partition coefficient (Wildman–Crippen LogP) is 2.87. The van der Waals surface area contributed by atoms with Gasteiger partial charge in [0.2, 0.25) is 0 Å². The van der Waals surface area contributed by atoms with Crippen LogP contribution >= 0.6 is 0 Å². The monoisotopic (exact) mass is 388 g/mol. The lowest BCUT2D eigenvalue weighted by Gasteiger charge is -2.11. The molecule has 1 amide bonds. The molecule has 4 aromatic rings. The van der Waals surface area contributed by atoms with Crippen molar-refractivity contribution < 1.29 is 4.79 Å². The van der Waals surface area contributed by atoms with E-state index >= 15 is 0 Å². The van der Waals surface area contributed by atoms with Gasteiger partial charge in [0.15, 0.2) is 0 Å². The first-order chi connectivity index (χ1) is 14.1. The van der Waals surface area contributed by atoms with Gasteiger partial charge >= 0.3 is 0 Å². The Morgan fingerprint density at radius 3 is 2.72 bits per heavy atom. The Kier molecular flexibility index (Phi) is 5.39. The second-order valence-electron chi connectivity index (χ2n) is 7.19. The lowest BCUT2D eigenvalue weighted by molar-refractivity contribution is 0.0944. The van der Waals surface area contributed by atoms with E-state index in [4.69, 9.17) is 0 Å². The summed E-state index contributed by atoms with van der Waals surface area (Å²) in [6, 6.07) is 13.8. The summed E-state index contributed by atoms with van der Waals surface area (Å²) >= 11 is 0. The lowest BCUT2D eigenvalue weighted by Crippen LogP contribution is -2.29. The van der Waals surface area contributed by atoms with Crippen LogP contribution in [-0.4, -0.2) is 57.2 Å². The Labute approximate surface area is 169 Å². The van der Waals surface area contributed by atoms with Crippen LogP contribution in [0.2, 0.25) is 0 Å². The molecule has 29 heavy (non-hydrogen) atoms. The van der Waals surface area contributed by atoms with Crippen molar-refractivity contribution in [3.63, 3.8) is 0 Å². The number of carbonyl (C=O) groups excluding carboxylic acids is 1. The number of nitrogens with zero attached hydrogens (tertiary/aromatic N) is 5. The minimum absolute atomic E-state index is 0.125. The summed E-state index contributed by atoms with van der Waals surface area (Å²) in [6.07, 6.45) is 8.19. The molecule has 0 aromatic carbocycles. The van der Waals surface area contributed by atoms with Gasteiger partial charge in [0, 0.05) is 36.2 Å². The van der Waals surface area contributed by atoms with Crippen molar-refractivity contribution in [2.45, 2.75) is 6.42 Å². The van der Waals surface area contributed by atoms with E-state index in [0.29, 0.717) is 12.2 Å². The molecule has 0 atom stereocenters. The largest absolute Gasteiger partial charge is 0.351 e. The minimum Gasteiger partial charge on any atom is -0.351 e.